The normalized spacial score (nSPS) is 21.2. The van der Waals surface area contributed by atoms with E-state index in [2.05, 4.69) is 62.3 Å². The fourth-order valence-electron chi connectivity index (χ4n) is 4.03. The first-order chi connectivity index (χ1) is 12.0. The summed E-state index contributed by atoms with van der Waals surface area (Å²) >= 11 is 0. The number of rotatable bonds is 3. The van der Waals surface area contributed by atoms with Crippen molar-refractivity contribution in [2.24, 2.45) is 0 Å². The van der Waals surface area contributed by atoms with E-state index in [0.717, 1.165) is 16.8 Å². The van der Waals surface area contributed by atoms with E-state index in [1.807, 2.05) is 32.0 Å². The van der Waals surface area contributed by atoms with Gasteiger partial charge in [-0.15, -0.1) is 0 Å². The van der Waals surface area contributed by atoms with E-state index in [1.54, 1.807) is 0 Å². The minimum atomic E-state index is -2.77. The van der Waals surface area contributed by atoms with Crippen molar-refractivity contribution in [2.45, 2.75) is 103 Å². The highest BCUT2D eigenvalue weighted by Gasteiger charge is 2.60. The molecule has 5 heteroatoms. The van der Waals surface area contributed by atoms with Crippen molar-refractivity contribution >= 4 is 20.4 Å². The number of hydrogen-bond donors (Lipinski definition) is 0. The van der Waals surface area contributed by atoms with Crippen molar-refractivity contribution in [3.8, 4) is 11.5 Å². The lowest BCUT2D eigenvalue weighted by molar-refractivity contribution is 0.244. The molecule has 0 radical (unpaired) electrons. The average Bonchev–Trinajstić information content (AvgIpc) is 2.83. The van der Waals surface area contributed by atoms with Gasteiger partial charge in [0.05, 0.1) is 11.4 Å². The Morgan fingerprint density at radius 1 is 1.00 bits per heavy atom. The summed E-state index contributed by atoms with van der Waals surface area (Å²) in [4.78, 5) is 0. The molecule has 0 aliphatic carbocycles. The standard InChI is InChI=1S/C22H38O3P2/c1-15(2)24-16-13-12-14-17-18(16)26(20(3,4)5)19(25-17)27(23,21(6,7)8)22(9,10)11/h12-15,19H,1-11H3/t19-,26?/m1/s1. The zero-order valence-corrected chi connectivity index (χ0v) is 20.8. The van der Waals surface area contributed by atoms with E-state index < -0.39 is 15.1 Å². The van der Waals surface area contributed by atoms with E-state index in [9.17, 15) is 4.57 Å². The molecule has 0 amide bonds. The largest absolute Gasteiger partial charge is 0.490 e. The van der Waals surface area contributed by atoms with Crippen LogP contribution in [0.1, 0.15) is 76.2 Å². The Bertz CT molecular complexity index is 715. The summed E-state index contributed by atoms with van der Waals surface area (Å²) in [6.07, 6.45) is 0.0874. The molecule has 2 atom stereocenters. The Labute approximate surface area is 167 Å². The lowest BCUT2D eigenvalue weighted by Crippen LogP contribution is -2.38. The van der Waals surface area contributed by atoms with E-state index in [-0.39, 0.29) is 27.2 Å². The van der Waals surface area contributed by atoms with Gasteiger partial charge in [0.2, 0.25) is 0 Å². The van der Waals surface area contributed by atoms with Crippen LogP contribution in [0.4, 0.5) is 0 Å². The van der Waals surface area contributed by atoms with Crippen molar-refractivity contribution in [3.63, 3.8) is 0 Å². The van der Waals surface area contributed by atoms with Gasteiger partial charge in [0.15, 0.2) is 5.59 Å². The van der Waals surface area contributed by atoms with Gasteiger partial charge in [0.25, 0.3) is 0 Å². The summed E-state index contributed by atoms with van der Waals surface area (Å²) in [5.74, 6) is 1.74. The zero-order valence-electron chi connectivity index (χ0n) is 19.0. The van der Waals surface area contributed by atoms with E-state index in [4.69, 9.17) is 9.47 Å². The molecule has 0 fully saturated rings. The molecule has 1 aromatic carbocycles. The molecule has 0 N–H and O–H groups in total. The monoisotopic (exact) mass is 412 g/mol. The predicted octanol–water partition coefficient (Wildman–Crippen LogP) is 7.02. The van der Waals surface area contributed by atoms with Crippen LogP contribution in [0.15, 0.2) is 18.2 Å². The number of benzene rings is 1. The van der Waals surface area contributed by atoms with Gasteiger partial charge < -0.3 is 14.0 Å². The Hall–Kier alpha value is -0.520. The smallest absolute Gasteiger partial charge is 0.174 e. The molecular weight excluding hydrogens is 374 g/mol. The highest BCUT2D eigenvalue weighted by atomic mass is 31.2. The minimum absolute atomic E-state index is 0.0478. The Morgan fingerprint density at radius 2 is 1.52 bits per heavy atom. The van der Waals surface area contributed by atoms with Crippen molar-refractivity contribution in [2.75, 3.05) is 0 Å². The van der Waals surface area contributed by atoms with Gasteiger partial charge in [-0.1, -0.05) is 68.4 Å². The van der Waals surface area contributed by atoms with Crippen molar-refractivity contribution in [3.05, 3.63) is 18.2 Å². The fraction of sp³-hybridized carbons (Fsp3) is 0.727. The summed E-state index contributed by atoms with van der Waals surface area (Å²) in [7, 11) is -3.62. The Kier molecular flexibility index (Phi) is 5.96. The third-order valence-electron chi connectivity index (χ3n) is 5.05. The van der Waals surface area contributed by atoms with Gasteiger partial charge >= 0.3 is 0 Å². The van der Waals surface area contributed by atoms with Gasteiger partial charge in [0, 0.05) is 10.3 Å². The maximum absolute atomic E-state index is 14.8. The molecule has 1 heterocycles. The van der Waals surface area contributed by atoms with Gasteiger partial charge in [-0.05, 0) is 39.1 Å². The molecule has 154 valence electrons. The van der Waals surface area contributed by atoms with Crippen LogP contribution in [0.25, 0.3) is 0 Å². The van der Waals surface area contributed by atoms with Crippen LogP contribution in [0.3, 0.4) is 0 Å². The van der Waals surface area contributed by atoms with Crippen LogP contribution < -0.4 is 14.8 Å². The zero-order chi connectivity index (χ0) is 21.0. The molecule has 0 saturated carbocycles. The summed E-state index contributed by atoms with van der Waals surface area (Å²) in [6, 6.07) is 6.03. The topological polar surface area (TPSA) is 35.5 Å². The molecule has 1 aliphatic rings. The second kappa shape index (κ2) is 7.07. The van der Waals surface area contributed by atoms with Crippen LogP contribution in [-0.2, 0) is 4.57 Å². The summed E-state index contributed by atoms with van der Waals surface area (Å²) in [6.45, 7) is 23.4. The summed E-state index contributed by atoms with van der Waals surface area (Å²) in [5.41, 5.74) is -0.292. The van der Waals surface area contributed by atoms with E-state index in [0.29, 0.717) is 0 Å². The highest BCUT2D eigenvalue weighted by Crippen LogP contribution is 2.80. The molecule has 0 spiro atoms. The first kappa shape index (κ1) is 22.8. The number of fused-ring (bicyclic) bond motifs is 1. The molecule has 27 heavy (non-hydrogen) atoms. The molecule has 1 aromatic rings. The molecule has 0 bridgehead atoms. The molecule has 1 aliphatic heterocycles. The Morgan fingerprint density at radius 3 is 1.93 bits per heavy atom. The van der Waals surface area contributed by atoms with Crippen LogP contribution in [0.2, 0.25) is 0 Å². The van der Waals surface area contributed by atoms with E-state index >= 15 is 0 Å². The lowest BCUT2D eigenvalue weighted by Gasteiger charge is -2.47. The molecule has 1 unspecified atom stereocenters. The molecule has 0 saturated heterocycles. The van der Waals surface area contributed by atoms with Crippen molar-refractivity contribution < 1.29 is 14.0 Å². The summed E-state index contributed by atoms with van der Waals surface area (Å²) in [5, 5.41) is 0.409. The van der Waals surface area contributed by atoms with Crippen molar-refractivity contribution in [1.29, 1.82) is 0 Å². The molecule has 0 aromatic heterocycles. The van der Waals surface area contributed by atoms with Gasteiger partial charge in [0.1, 0.15) is 18.6 Å². The van der Waals surface area contributed by atoms with Crippen LogP contribution >= 0.6 is 15.1 Å². The number of hydrogen-bond acceptors (Lipinski definition) is 3. The second-order valence-corrected chi connectivity index (χ2v) is 18.6. The maximum atomic E-state index is 14.8. The highest BCUT2D eigenvalue weighted by molar-refractivity contribution is 7.84. The maximum Gasteiger partial charge on any atom is 0.174 e. The molecule has 2 rings (SSSR count). The summed E-state index contributed by atoms with van der Waals surface area (Å²) < 4.78 is 27.5. The minimum Gasteiger partial charge on any atom is -0.490 e. The third kappa shape index (κ3) is 3.97. The Balaban J connectivity index is 2.75. The first-order valence-corrected chi connectivity index (χ1v) is 13.1. The predicted molar refractivity (Wildman–Crippen MR) is 120 cm³/mol. The first-order valence-electron chi connectivity index (χ1n) is 9.87. The van der Waals surface area contributed by atoms with Gasteiger partial charge in [-0.2, -0.15) is 0 Å². The quantitative estimate of drug-likeness (QED) is 0.501. The second-order valence-electron chi connectivity index (χ2n) is 10.8. The SMILES string of the molecule is CC(C)Oc1cccc2c1P(C(C)(C)C)[C@H](P(=O)(C(C)(C)C)C(C)(C)C)O2. The van der Waals surface area contributed by atoms with Crippen LogP contribution in [0.5, 0.6) is 11.5 Å². The average molecular weight is 412 g/mol. The fourth-order valence-corrected chi connectivity index (χ4v) is 14.9. The van der Waals surface area contributed by atoms with Crippen LogP contribution in [-0.4, -0.2) is 27.2 Å². The van der Waals surface area contributed by atoms with Gasteiger partial charge in [-0.3, -0.25) is 0 Å². The molecular formula is C22H38O3P2. The lowest BCUT2D eigenvalue weighted by atomic mass is 10.2. The van der Waals surface area contributed by atoms with Crippen LogP contribution in [0, 0.1) is 0 Å². The third-order valence-corrected chi connectivity index (χ3v) is 14.3. The molecule has 3 nitrogen and oxygen atoms in total. The number of ether oxygens (including phenoxy) is 2. The van der Waals surface area contributed by atoms with E-state index in [1.165, 1.54) is 0 Å². The van der Waals surface area contributed by atoms with Gasteiger partial charge in [-0.25, -0.2) is 0 Å². The van der Waals surface area contributed by atoms with Crippen molar-refractivity contribution in [1.82, 2.24) is 0 Å².